The van der Waals surface area contributed by atoms with Crippen LogP contribution in [0.1, 0.15) is 22.5 Å². The topological polar surface area (TPSA) is 79.6 Å². The highest BCUT2D eigenvalue weighted by Gasteiger charge is 2.34. The fourth-order valence-corrected chi connectivity index (χ4v) is 4.50. The summed E-state index contributed by atoms with van der Waals surface area (Å²) in [5.41, 5.74) is 1.19. The molecule has 0 aliphatic carbocycles. The summed E-state index contributed by atoms with van der Waals surface area (Å²) in [6.45, 7) is 2.74. The van der Waals surface area contributed by atoms with Crippen molar-refractivity contribution in [3.05, 3.63) is 83.3 Å². The van der Waals surface area contributed by atoms with E-state index in [0.717, 1.165) is 33.6 Å². The van der Waals surface area contributed by atoms with E-state index in [2.05, 4.69) is 5.32 Å². The molecule has 170 valence electrons. The molecule has 32 heavy (non-hydrogen) atoms. The van der Waals surface area contributed by atoms with Crippen LogP contribution in [0.15, 0.2) is 70.2 Å². The Labute approximate surface area is 183 Å². The van der Waals surface area contributed by atoms with Gasteiger partial charge in [0, 0.05) is 5.69 Å². The average Bonchev–Trinajstić information content (AvgIpc) is 3.22. The van der Waals surface area contributed by atoms with Crippen molar-refractivity contribution in [1.29, 1.82) is 0 Å². The molecule has 1 aromatic heterocycles. The number of benzene rings is 2. The maximum atomic E-state index is 13.2. The Morgan fingerprint density at radius 3 is 2.44 bits per heavy atom. The van der Waals surface area contributed by atoms with Gasteiger partial charge in [0.05, 0.1) is 29.8 Å². The van der Waals surface area contributed by atoms with E-state index in [1.54, 1.807) is 25.1 Å². The second kappa shape index (κ2) is 9.17. The molecule has 0 saturated heterocycles. The second-order valence-electron chi connectivity index (χ2n) is 7.24. The zero-order valence-electron chi connectivity index (χ0n) is 17.3. The summed E-state index contributed by atoms with van der Waals surface area (Å²) >= 11 is 0. The fraction of sp³-hybridized carbons (Fsp3) is 0.227. The number of amides is 1. The fourth-order valence-electron chi connectivity index (χ4n) is 3.09. The lowest BCUT2D eigenvalue weighted by Gasteiger charge is -2.22. The van der Waals surface area contributed by atoms with Gasteiger partial charge in [-0.15, -0.1) is 0 Å². The predicted molar refractivity (Wildman–Crippen MR) is 112 cm³/mol. The summed E-state index contributed by atoms with van der Waals surface area (Å²) in [4.78, 5) is 12.1. The molecule has 3 rings (SSSR count). The summed E-state index contributed by atoms with van der Waals surface area (Å²) < 4.78 is 71.6. The minimum absolute atomic E-state index is 0.236. The van der Waals surface area contributed by atoms with Crippen molar-refractivity contribution in [2.24, 2.45) is 0 Å². The van der Waals surface area contributed by atoms with E-state index in [9.17, 15) is 26.4 Å². The van der Waals surface area contributed by atoms with Gasteiger partial charge in [-0.25, -0.2) is 8.42 Å². The molecule has 0 bridgehead atoms. The Balaban J connectivity index is 1.90. The van der Waals surface area contributed by atoms with Crippen molar-refractivity contribution in [2.45, 2.75) is 31.5 Å². The number of sulfonamides is 1. The van der Waals surface area contributed by atoms with Crippen LogP contribution in [-0.2, 0) is 27.5 Å². The number of hydrogen-bond acceptors (Lipinski definition) is 4. The smallest absolute Gasteiger partial charge is 0.416 e. The first-order valence-corrected chi connectivity index (χ1v) is 11.0. The van der Waals surface area contributed by atoms with Gasteiger partial charge in [-0.2, -0.15) is 17.5 Å². The molecule has 0 atom stereocenters. The van der Waals surface area contributed by atoms with Gasteiger partial charge in [-0.05, 0) is 55.8 Å². The molecule has 0 saturated carbocycles. The summed E-state index contributed by atoms with van der Waals surface area (Å²) in [5, 5.41) is 2.65. The number of hydrogen-bond donors (Lipinski definition) is 1. The SMILES string of the molecule is Cc1ccc(NC(=O)CN(Cc2ccco2)S(=O)(=O)c2cccc(C(F)(F)F)c2)c(C)c1. The highest BCUT2D eigenvalue weighted by atomic mass is 32.2. The number of rotatable bonds is 7. The maximum Gasteiger partial charge on any atom is 0.416 e. The zero-order valence-corrected chi connectivity index (χ0v) is 18.1. The normalized spacial score (nSPS) is 12.2. The lowest BCUT2D eigenvalue weighted by Crippen LogP contribution is -2.37. The van der Waals surface area contributed by atoms with Crippen LogP contribution in [0.2, 0.25) is 0 Å². The van der Waals surface area contributed by atoms with E-state index in [-0.39, 0.29) is 12.3 Å². The van der Waals surface area contributed by atoms with E-state index in [4.69, 9.17) is 4.42 Å². The molecular weight excluding hydrogens is 445 g/mol. The predicted octanol–water partition coefficient (Wildman–Crippen LogP) is 4.74. The molecule has 10 heteroatoms. The third-order valence-electron chi connectivity index (χ3n) is 4.69. The molecule has 0 aliphatic heterocycles. The molecule has 0 unspecified atom stereocenters. The van der Waals surface area contributed by atoms with Crippen LogP contribution in [0, 0.1) is 13.8 Å². The van der Waals surface area contributed by atoms with Crippen molar-refractivity contribution in [1.82, 2.24) is 4.31 Å². The Bertz CT molecular complexity index is 1210. The van der Waals surface area contributed by atoms with Crippen LogP contribution in [0.25, 0.3) is 0 Å². The van der Waals surface area contributed by atoms with Gasteiger partial charge in [0.2, 0.25) is 15.9 Å². The van der Waals surface area contributed by atoms with Crippen LogP contribution in [0.5, 0.6) is 0 Å². The van der Waals surface area contributed by atoms with E-state index >= 15 is 0 Å². The second-order valence-corrected chi connectivity index (χ2v) is 9.18. The quantitative estimate of drug-likeness (QED) is 0.545. The van der Waals surface area contributed by atoms with E-state index in [0.29, 0.717) is 11.8 Å². The third kappa shape index (κ3) is 5.57. The number of nitrogens with zero attached hydrogens (tertiary/aromatic N) is 1. The van der Waals surface area contributed by atoms with Crippen molar-refractivity contribution in [3.8, 4) is 0 Å². The number of carbonyl (C=O) groups excluding carboxylic acids is 1. The Morgan fingerprint density at radius 1 is 1.06 bits per heavy atom. The lowest BCUT2D eigenvalue weighted by atomic mass is 10.1. The number of aryl methyl sites for hydroxylation is 2. The number of carbonyl (C=O) groups is 1. The molecular formula is C22H21F3N2O4S. The van der Waals surface area contributed by atoms with Gasteiger partial charge < -0.3 is 9.73 Å². The molecule has 2 aromatic carbocycles. The zero-order chi connectivity index (χ0) is 23.5. The summed E-state index contributed by atoms with van der Waals surface area (Å²) in [6.07, 6.45) is -3.38. The number of alkyl halides is 3. The monoisotopic (exact) mass is 466 g/mol. The molecule has 0 spiro atoms. The molecule has 6 nitrogen and oxygen atoms in total. The maximum absolute atomic E-state index is 13.2. The average molecular weight is 466 g/mol. The molecule has 3 aromatic rings. The van der Waals surface area contributed by atoms with Crippen molar-refractivity contribution < 1.29 is 30.8 Å². The van der Waals surface area contributed by atoms with Gasteiger partial charge in [-0.3, -0.25) is 4.79 Å². The van der Waals surface area contributed by atoms with Gasteiger partial charge in [0.15, 0.2) is 0 Å². The largest absolute Gasteiger partial charge is 0.468 e. The van der Waals surface area contributed by atoms with E-state index in [1.165, 1.54) is 12.3 Å². The Kier molecular flexibility index (Phi) is 6.75. The lowest BCUT2D eigenvalue weighted by molar-refractivity contribution is -0.137. The number of nitrogens with one attached hydrogen (secondary N) is 1. The van der Waals surface area contributed by atoms with Gasteiger partial charge >= 0.3 is 6.18 Å². The molecule has 1 amide bonds. The van der Waals surface area contributed by atoms with Crippen molar-refractivity contribution in [3.63, 3.8) is 0 Å². The third-order valence-corrected chi connectivity index (χ3v) is 6.48. The van der Waals surface area contributed by atoms with Crippen LogP contribution in [0.3, 0.4) is 0 Å². The van der Waals surface area contributed by atoms with Gasteiger partial charge in [0.1, 0.15) is 5.76 Å². The van der Waals surface area contributed by atoms with Crippen LogP contribution in [-0.4, -0.2) is 25.2 Å². The first-order chi connectivity index (χ1) is 15.0. The highest BCUT2D eigenvalue weighted by molar-refractivity contribution is 7.89. The number of halogens is 3. The van der Waals surface area contributed by atoms with Crippen LogP contribution >= 0.6 is 0 Å². The molecule has 1 N–H and O–H groups in total. The molecule has 0 aliphatic rings. The van der Waals surface area contributed by atoms with E-state index in [1.807, 2.05) is 13.0 Å². The first kappa shape index (κ1) is 23.6. The molecule has 0 fully saturated rings. The highest BCUT2D eigenvalue weighted by Crippen LogP contribution is 2.31. The van der Waals surface area contributed by atoms with Gasteiger partial charge in [0.25, 0.3) is 0 Å². The van der Waals surface area contributed by atoms with Crippen LogP contribution in [0.4, 0.5) is 18.9 Å². The standard InChI is InChI=1S/C22H21F3N2O4S/c1-15-8-9-20(16(2)11-15)26-21(28)14-27(13-18-6-4-10-31-18)32(29,30)19-7-3-5-17(12-19)22(23,24)25/h3-12H,13-14H2,1-2H3,(H,26,28). The molecule has 1 heterocycles. The van der Waals surface area contributed by atoms with Crippen molar-refractivity contribution in [2.75, 3.05) is 11.9 Å². The summed E-state index contributed by atoms with van der Waals surface area (Å²) in [6, 6.07) is 11.8. The van der Waals surface area contributed by atoms with Crippen molar-refractivity contribution >= 4 is 21.6 Å². The summed E-state index contributed by atoms with van der Waals surface area (Å²) in [5.74, 6) is -0.404. The number of furan rings is 1. The minimum atomic E-state index is -4.71. The van der Waals surface area contributed by atoms with E-state index < -0.39 is 39.1 Å². The minimum Gasteiger partial charge on any atom is -0.468 e. The Hall–Kier alpha value is -3.11. The van der Waals surface area contributed by atoms with Gasteiger partial charge in [-0.1, -0.05) is 23.8 Å². The molecule has 0 radical (unpaired) electrons. The summed E-state index contributed by atoms with van der Waals surface area (Å²) in [7, 11) is -4.45. The first-order valence-electron chi connectivity index (χ1n) is 9.54. The Morgan fingerprint density at radius 2 is 1.81 bits per heavy atom. The number of anilines is 1. The van der Waals surface area contributed by atoms with Crippen LogP contribution < -0.4 is 5.32 Å².